The van der Waals surface area contributed by atoms with Crippen LogP contribution >= 0.6 is 11.3 Å². The Morgan fingerprint density at radius 2 is 1.81 bits per heavy atom. The van der Waals surface area contributed by atoms with Gasteiger partial charge in [-0.2, -0.15) is 0 Å². The first-order valence-corrected chi connectivity index (χ1v) is 10.2. The Morgan fingerprint density at radius 1 is 1.11 bits per heavy atom. The lowest BCUT2D eigenvalue weighted by Crippen LogP contribution is -2.52. The van der Waals surface area contributed by atoms with E-state index in [0.29, 0.717) is 38.5 Å². The minimum Gasteiger partial charge on any atom is -0.368 e. The largest absolute Gasteiger partial charge is 0.368 e. The van der Waals surface area contributed by atoms with E-state index < -0.39 is 0 Å². The van der Waals surface area contributed by atoms with Crippen LogP contribution in [0.15, 0.2) is 29.6 Å². The molecule has 6 nitrogen and oxygen atoms in total. The van der Waals surface area contributed by atoms with Crippen molar-refractivity contribution in [2.45, 2.75) is 25.9 Å². The number of hydrogen-bond donors (Lipinski definition) is 0. The third-order valence-electron chi connectivity index (χ3n) is 5.11. The van der Waals surface area contributed by atoms with Gasteiger partial charge in [0.2, 0.25) is 0 Å². The predicted molar refractivity (Wildman–Crippen MR) is 104 cm³/mol. The smallest absolute Gasteiger partial charge is 0.273 e. The molecule has 1 aromatic carbocycles. The van der Waals surface area contributed by atoms with Crippen LogP contribution in [-0.4, -0.2) is 65.5 Å². The third kappa shape index (κ3) is 3.89. The second-order valence-corrected chi connectivity index (χ2v) is 7.88. The standard InChI is InChI=1S/C20H23N3O3S/c1-14-4-6-15(7-5-14)18-21-16(13-27-18)19(24)22-8-10-23(11-9-22)20(25)17-3-2-12-26-17/h4-7,13,17H,2-3,8-12H2,1H3. The highest BCUT2D eigenvalue weighted by molar-refractivity contribution is 7.13. The van der Waals surface area contributed by atoms with E-state index >= 15 is 0 Å². The quantitative estimate of drug-likeness (QED) is 0.815. The van der Waals surface area contributed by atoms with Gasteiger partial charge in [0.15, 0.2) is 0 Å². The Morgan fingerprint density at radius 3 is 2.48 bits per heavy atom. The molecule has 0 aliphatic carbocycles. The van der Waals surface area contributed by atoms with E-state index in [9.17, 15) is 9.59 Å². The summed E-state index contributed by atoms with van der Waals surface area (Å²) in [5.74, 6) is 0.00346. The number of ether oxygens (including phenoxy) is 1. The van der Waals surface area contributed by atoms with E-state index in [1.165, 1.54) is 16.9 Å². The van der Waals surface area contributed by atoms with Gasteiger partial charge in [0, 0.05) is 43.7 Å². The topological polar surface area (TPSA) is 62.7 Å². The van der Waals surface area contributed by atoms with Crippen LogP contribution in [-0.2, 0) is 9.53 Å². The van der Waals surface area contributed by atoms with Gasteiger partial charge in [0.1, 0.15) is 16.8 Å². The number of carbonyl (C=O) groups excluding carboxylic acids is 2. The van der Waals surface area contributed by atoms with Crippen molar-refractivity contribution in [1.82, 2.24) is 14.8 Å². The highest BCUT2D eigenvalue weighted by Crippen LogP contribution is 2.25. The number of thiazole rings is 1. The number of rotatable bonds is 3. The van der Waals surface area contributed by atoms with E-state index in [4.69, 9.17) is 4.74 Å². The lowest BCUT2D eigenvalue weighted by Gasteiger charge is -2.35. The van der Waals surface area contributed by atoms with E-state index in [0.717, 1.165) is 23.4 Å². The molecule has 0 bridgehead atoms. The highest BCUT2D eigenvalue weighted by atomic mass is 32.1. The van der Waals surface area contributed by atoms with Crippen LogP contribution in [0.5, 0.6) is 0 Å². The first-order chi connectivity index (χ1) is 13.1. The SMILES string of the molecule is Cc1ccc(-c2nc(C(=O)N3CCN(C(=O)C4CCCO4)CC3)cs2)cc1. The molecule has 7 heteroatoms. The molecule has 1 aromatic heterocycles. The number of aryl methyl sites for hydroxylation is 1. The van der Waals surface area contributed by atoms with Gasteiger partial charge in [-0.05, 0) is 19.8 Å². The van der Waals surface area contributed by atoms with Gasteiger partial charge in [-0.25, -0.2) is 4.98 Å². The monoisotopic (exact) mass is 385 g/mol. The van der Waals surface area contributed by atoms with Crippen molar-refractivity contribution in [3.8, 4) is 10.6 Å². The molecule has 2 aliphatic rings. The number of amides is 2. The second kappa shape index (κ2) is 7.78. The van der Waals surface area contributed by atoms with Crippen LogP contribution < -0.4 is 0 Å². The molecule has 0 N–H and O–H groups in total. The number of hydrogen-bond acceptors (Lipinski definition) is 5. The average molecular weight is 385 g/mol. The lowest BCUT2D eigenvalue weighted by molar-refractivity contribution is -0.142. The molecule has 2 aliphatic heterocycles. The predicted octanol–water partition coefficient (Wildman–Crippen LogP) is 2.58. The molecule has 0 spiro atoms. The van der Waals surface area contributed by atoms with Crippen LogP contribution in [0.3, 0.4) is 0 Å². The summed E-state index contributed by atoms with van der Waals surface area (Å²) < 4.78 is 5.48. The van der Waals surface area contributed by atoms with E-state index in [1.54, 1.807) is 4.90 Å². The summed E-state index contributed by atoms with van der Waals surface area (Å²) in [5.41, 5.74) is 2.70. The highest BCUT2D eigenvalue weighted by Gasteiger charge is 2.31. The van der Waals surface area contributed by atoms with Crippen LogP contribution in [0, 0.1) is 6.92 Å². The number of benzene rings is 1. The molecule has 142 valence electrons. The van der Waals surface area contributed by atoms with Crippen molar-refractivity contribution in [3.63, 3.8) is 0 Å². The summed E-state index contributed by atoms with van der Waals surface area (Å²) in [6.45, 7) is 4.90. The number of aromatic nitrogens is 1. The van der Waals surface area contributed by atoms with Crippen molar-refractivity contribution in [2.24, 2.45) is 0 Å². The maximum Gasteiger partial charge on any atom is 0.273 e. The summed E-state index contributed by atoms with van der Waals surface area (Å²) in [5, 5.41) is 2.67. The number of piperazine rings is 1. The van der Waals surface area contributed by atoms with Gasteiger partial charge in [0.25, 0.3) is 11.8 Å². The van der Waals surface area contributed by atoms with Crippen molar-refractivity contribution >= 4 is 23.2 Å². The number of nitrogens with zero attached hydrogens (tertiary/aromatic N) is 3. The Labute approximate surface area is 162 Å². The van der Waals surface area contributed by atoms with Crippen molar-refractivity contribution in [2.75, 3.05) is 32.8 Å². The fourth-order valence-corrected chi connectivity index (χ4v) is 4.27. The average Bonchev–Trinajstić information content (AvgIpc) is 3.40. The molecule has 27 heavy (non-hydrogen) atoms. The van der Waals surface area contributed by atoms with Gasteiger partial charge < -0.3 is 14.5 Å². The fraction of sp³-hybridized carbons (Fsp3) is 0.450. The zero-order chi connectivity index (χ0) is 18.8. The Hall–Kier alpha value is -2.25. The molecule has 2 fully saturated rings. The van der Waals surface area contributed by atoms with Crippen LogP contribution in [0.1, 0.15) is 28.9 Å². The van der Waals surface area contributed by atoms with E-state index in [2.05, 4.69) is 4.98 Å². The third-order valence-corrected chi connectivity index (χ3v) is 6.00. The van der Waals surface area contributed by atoms with Crippen molar-refractivity contribution in [3.05, 3.63) is 40.9 Å². The Balaban J connectivity index is 1.37. The fourth-order valence-electron chi connectivity index (χ4n) is 3.47. The molecule has 1 unspecified atom stereocenters. The molecule has 2 aromatic rings. The summed E-state index contributed by atoms with van der Waals surface area (Å²) in [4.78, 5) is 33.3. The zero-order valence-corrected chi connectivity index (χ0v) is 16.2. The first-order valence-electron chi connectivity index (χ1n) is 9.34. The van der Waals surface area contributed by atoms with E-state index in [1.807, 2.05) is 41.5 Å². The summed E-state index contributed by atoms with van der Waals surface area (Å²) >= 11 is 1.48. The van der Waals surface area contributed by atoms with Gasteiger partial charge >= 0.3 is 0 Å². The Bertz CT molecular complexity index is 819. The molecule has 1 atom stereocenters. The summed E-state index contributed by atoms with van der Waals surface area (Å²) in [6.07, 6.45) is 1.46. The minimum atomic E-state index is -0.289. The summed E-state index contributed by atoms with van der Waals surface area (Å²) in [6, 6.07) is 8.14. The maximum atomic E-state index is 12.8. The van der Waals surface area contributed by atoms with Gasteiger partial charge in [-0.15, -0.1) is 11.3 Å². The van der Waals surface area contributed by atoms with Gasteiger partial charge in [-0.1, -0.05) is 29.8 Å². The summed E-state index contributed by atoms with van der Waals surface area (Å²) in [7, 11) is 0. The van der Waals surface area contributed by atoms with Crippen LogP contribution in [0.4, 0.5) is 0 Å². The molecule has 3 heterocycles. The molecular formula is C20H23N3O3S. The number of carbonyl (C=O) groups is 2. The van der Waals surface area contributed by atoms with Crippen LogP contribution in [0.25, 0.3) is 10.6 Å². The minimum absolute atomic E-state index is 0.0613. The van der Waals surface area contributed by atoms with Crippen molar-refractivity contribution < 1.29 is 14.3 Å². The van der Waals surface area contributed by atoms with Gasteiger partial charge in [0.05, 0.1) is 0 Å². The molecule has 2 saturated heterocycles. The van der Waals surface area contributed by atoms with Crippen molar-refractivity contribution in [1.29, 1.82) is 0 Å². The molecule has 4 rings (SSSR count). The van der Waals surface area contributed by atoms with Crippen LogP contribution in [0.2, 0.25) is 0 Å². The molecule has 0 radical (unpaired) electrons. The first kappa shape index (κ1) is 18.1. The normalized spacial score (nSPS) is 20.1. The lowest BCUT2D eigenvalue weighted by atomic mass is 10.2. The zero-order valence-electron chi connectivity index (χ0n) is 15.4. The van der Waals surface area contributed by atoms with E-state index in [-0.39, 0.29) is 17.9 Å². The van der Waals surface area contributed by atoms with Gasteiger partial charge in [-0.3, -0.25) is 9.59 Å². The molecule has 0 saturated carbocycles. The molecule has 2 amide bonds. The molecular weight excluding hydrogens is 362 g/mol. The second-order valence-electron chi connectivity index (χ2n) is 7.02. The maximum absolute atomic E-state index is 12.8. The Kier molecular flexibility index (Phi) is 5.22.